The third-order valence-electron chi connectivity index (χ3n) is 4.79. The molecule has 2 aromatic rings. The van der Waals surface area contributed by atoms with Crippen LogP contribution in [0, 0.1) is 16.0 Å². The van der Waals surface area contributed by atoms with Gasteiger partial charge in [-0.15, -0.1) is 0 Å². The van der Waals surface area contributed by atoms with Gasteiger partial charge in [-0.1, -0.05) is 11.2 Å². The van der Waals surface area contributed by atoms with Gasteiger partial charge in [0.15, 0.2) is 11.5 Å². The molecule has 0 N–H and O–H groups in total. The quantitative estimate of drug-likeness (QED) is 0.429. The van der Waals surface area contributed by atoms with Gasteiger partial charge in [0, 0.05) is 17.7 Å². The maximum atomic E-state index is 13.1. The Morgan fingerprint density at radius 2 is 1.83 bits per heavy atom. The number of nitro groups is 1. The van der Waals surface area contributed by atoms with Crippen LogP contribution in [0.4, 0.5) is 11.4 Å². The Morgan fingerprint density at radius 3 is 2.52 bits per heavy atom. The van der Waals surface area contributed by atoms with Crippen LogP contribution in [-0.2, 0) is 14.4 Å². The van der Waals surface area contributed by atoms with Crippen LogP contribution in [0.3, 0.4) is 0 Å². The van der Waals surface area contributed by atoms with Gasteiger partial charge in [0.25, 0.3) is 11.6 Å². The maximum Gasteiger partial charge on any atom is 0.278 e. The zero-order valence-electron chi connectivity index (χ0n) is 15.4. The van der Waals surface area contributed by atoms with Crippen molar-refractivity contribution in [1.82, 2.24) is 0 Å². The Kier molecular flexibility index (Phi) is 4.38. The molecular formula is C19H15N3O7. The normalized spacial score (nSPS) is 20.2. The number of hydrogen-bond donors (Lipinski definition) is 0. The molecule has 2 aliphatic rings. The molecule has 10 nitrogen and oxygen atoms in total. The second kappa shape index (κ2) is 6.89. The molecule has 10 heteroatoms. The Balaban J connectivity index is 1.69. The monoisotopic (exact) mass is 397 g/mol. The van der Waals surface area contributed by atoms with E-state index < -0.39 is 28.8 Å². The minimum Gasteiger partial charge on any atom is -0.493 e. The predicted molar refractivity (Wildman–Crippen MR) is 100 cm³/mol. The van der Waals surface area contributed by atoms with Crippen molar-refractivity contribution in [3.05, 3.63) is 58.1 Å². The van der Waals surface area contributed by atoms with Crippen LogP contribution in [0.25, 0.3) is 0 Å². The fourth-order valence-electron chi connectivity index (χ4n) is 3.41. The van der Waals surface area contributed by atoms with Crippen LogP contribution in [0.1, 0.15) is 5.56 Å². The molecular weight excluding hydrogens is 382 g/mol. The van der Waals surface area contributed by atoms with Gasteiger partial charge in [0.1, 0.15) is 11.6 Å². The lowest BCUT2D eigenvalue weighted by atomic mass is 9.94. The number of nitro benzene ring substituents is 1. The SMILES string of the molecule is COc1ccc(C2=NO[C@@H]3C(=O)N(c4cccc([N+](=O)[O-])c4)C(=O)[C@H]23)cc1OC. The first kappa shape index (κ1) is 18.4. The summed E-state index contributed by atoms with van der Waals surface area (Å²) in [6, 6.07) is 10.3. The number of rotatable bonds is 5. The number of carbonyl (C=O) groups is 2. The summed E-state index contributed by atoms with van der Waals surface area (Å²) in [7, 11) is 2.98. The molecule has 1 fully saturated rings. The van der Waals surface area contributed by atoms with Crippen LogP contribution in [-0.4, -0.2) is 42.8 Å². The van der Waals surface area contributed by atoms with E-state index in [1.807, 2.05) is 0 Å². The summed E-state index contributed by atoms with van der Waals surface area (Å²) in [5.74, 6) is -1.21. The van der Waals surface area contributed by atoms with Gasteiger partial charge in [-0.25, -0.2) is 4.90 Å². The Bertz CT molecular complexity index is 1070. The number of ether oxygens (including phenoxy) is 2. The summed E-state index contributed by atoms with van der Waals surface area (Å²) < 4.78 is 10.5. The molecule has 4 rings (SSSR count). The molecule has 148 valence electrons. The van der Waals surface area contributed by atoms with Crippen LogP contribution in [0.2, 0.25) is 0 Å². The van der Waals surface area contributed by atoms with Crippen LogP contribution in [0.15, 0.2) is 47.6 Å². The molecule has 2 heterocycles. The highest BCUT2D eigenvalue weighted by molar-refractivity contribution is 6.32. The number of methoxy groups -OCH3 is 2. The lowest BCUT2D eigenvalue weighted by molar-refractivity contribution is -0.384. The largest absolute Gasteiger partial charge is 0.493 e. The summed E-state index contributed by atoms with van der Waals surface area (Å²) in [6.07, 6.45) is -1.12. The summed E-state index contributed by atoms with van der Waals surface area (Å²) in [5.41, 5.74) is 0.702. The smallest absolute Gasteiger partial charge is 0.278 e. The number of oxime groups is 1. The molecule has 2 aromatic carbocycles. The van der Waals surface area contributed by atoms with E-state index in [1.54, 1.807) is 18.2 Å². The van der Waals surface area contributed by atoms with Gasteiger partial charge in [0.05, 0.1) is 24.8 Å². The molecule has 1 saturated heterocycles. The molecule has 2 amide bonds. The number of benzene rings is 2. The van der Waals surface area contributed by atoms with E-state index in [-0.39, 0.29) is 17.1 Å². The highest BCUT2D eigenvalue weighted by atomic mass is 16.7. The first-order valence-electron chi connectivity index (χ1n) is 8.54. The second-order valence-electron chi connectivity index (χ2n) is 6.34. The van der Waals surface area contributed by atoms with Crippen molar-refractivity contribution < 1.29 is 28.8 Å². The van der Waals surface area contributed by atoms with E-state index in [2.05, 4.69) is 5.16 Å². The number of amides is 2. The number of carbonyl (C=O) groups excluding carboxylic acids is 2. The van der Waals surface area contributed by atoms with Gasteiger partial charge in [0.2, 0.25) is 12.0 Å². The topological polar surface area (TPSA) is 121 Å². The molecule has 0 aromatic heterocycles. The fraction of sp³-hybridized carbons (Fsp3) is 0.211. The number of anilines is 1. The van der Waals surface area contributed by atoms with Crippen molar-refractivity contribution in [2.24, 2.45) is 11.1 Å². The Morgan fingerprint density at radius 1 is 1.07 bits per heavy atom. The number of fused-ring (bicyclic) bond motifs is 1. The van der Waals surface area contributed by atoms with Crippen molar-refractivity contribution in [3.8, 4) is 11.5 Å². The van der Waals surface area contributed by atoms with E-state index in [0.29, 0.717) is 17.1 Å². The van der Waals surface area contributed by atoms with Gasteiger partial charge in [-0.2, -0.15) is 0 Å². The molecule has 0 unspecified atom stereocenters. The zero-order chi connectivity index (χ0) is 20.7. The lowest BCUT2D eigenvalue weighted by Gasteiger charge is -2.15. The van der Waals surface area contributed by atoms with Crippen LogP contribution >= 0.6 is 0 Å². The Hall–Kier alpha value is -3.95. The molecule has 2 aliphatic heterocycles. The number of hydrogen-bond acceptors (Lipinski definition) is 8. The maximum absolute atomic E-state index is 13.1. The van der Waals surface area contributed by atoms with Crippen molar-refractivity contribution >= 4 is 28.9 Å². The molecule has 0 radical (unpaired) electrons. The van der Waals surface area contributed by atoms with Crippen molar-refractivity contribution in [2.75, 3.05) is 19.1 Å². The number of non-ortho nitro benzene ring substituents is 1. The molecule has 29 heavy (non-hydrogen) atoms. The van der Waals surface area contributed by atoms with Crippen molar-refractivity contribution in [2.45, 2.75) is 6.10 Å². The van der Waals surface area contributed by atoms with Crippen LogP contribution in [0.5, 0.6) is 11.5 Å². The van der Waals surface area contributed by atoms with Gasteiger partial charge < -0.3 is 14.3 Å². The first-order chi connectivity index (χ1) is 14.0. The van der Waals surface area contributed by atoms with Gasteiger partial charge in [-0.3, -0.25) is 19.7 Å². The second-order valence-corrected chi connectivity index (χ2v) is 6.34. The molecule has 0 saturated carbocycles. The molecule has 0 spiro atoms. The highest BCUT2D eigenvalue weighted by Crippen LogP contribution is 2.37. The van der Waals surface area contributed by atoms with E-state index in [9.17, 15) is 19.7 Å². The van der Waals surface area contributed by atoms with Gasteiger partial charge >= 0.3 is 0 Å². The average Bonchev–Trinajstić information content (AvgIpc) is 3.27. The van der Waals surface area contributed by atoms with E-state index in [0.717, 1.165) is 4.90 Å². The number of imide groups is 1. The first-order valence-corrected chi connectivity index (χ1v) is 8.54. The van der Waals surface area contributed by atoms with E-state index in [1.165, 1.54) is 38.5 Å². The van der Waals surface area contributed by atoms with E-state index in [4.69, 9.17) is 14.3 Å². The lowest BCUT2D eigenvalue weighted by Crippen LogP contribution is -2.33. The van der Waals surface area contributed by atoms with Crippen molar-refractivity contribution in [1.29, 1.82) is 0 Å². The molecule has 0 aliphatic carbocycles. The minimum absolute atomic E-state index is 0.110. The summed E-state index contributed by atoms with van der Waals surface area (Å²) in [4.78, 5) is 42.4. The summed E-state index contributed by atoms with van der Waals surface area (Å²) in [6.45, 7) is 0. The minimum atomic E-state index is -1.12. The number of nitrogens with zero attached hydrogens (tertiary/aromatic N) is 3. The summed E-state index contributed by atoms with van der Waals surface area (Å²) in [5, 5.41) is 15.0. The third-order valence-corrected chi connectivity index (χ3v) is 4.79. The standard InChI is InChI=1S/C19H15N3O7/c1-27-13-7-6-10(8-14(13)28-2)16-15-17(29-20-16)19(24)21(18(15)23)11-4-3-5-12(9-11)22(25)26/h3-9,15,17H,1-2H3/t15-,17+/m1/s1. The molecule has 0 bridgehead atoms. The van der Waals surface area contributed by atoms with E-state index >= 15 is 0 Å². The highest BCUT2D eigenvalue weighted by Gasteiger charge is 2.56. The average molecular weight is 397 g/mol. The zero-order valence-corrected chi connectivity index (χ0v) is 15.4. The predicted octanol–water partition coefficient (Wildman–Crippen LogP) is 1.90. The Labute approximate surface area is 164 Å². The fourth-order valence-corrected chi connectivity index (χ4v) is 3.41. The third kappa shape index (κ3) is 2.85. The van der Waals surface area contributed by atoms with Crippen LogP contribution < -0.4 is 14.4 Å². The molecule has 2 atom stereocenters. The summed E-state index contributed by atoms with van der Waals surface area (Å²) >= 11 is 0. The van der Waals surface area contributed by atoms with Crippen molar-refractivity contribution in [3.63, 3.8) is 0 Å². The van der Waals surface area contributed by atoms with Gasteiger partial charge in [-0.05, 0) is 24.3 Å².